The van der Waals surface area contributed by atoms with E-state index in [-0.39, 0.29) is 24.0 Å². The highest BCUT2D eigenvalue weighted by molar-refractivity contribution is 14.0. The maximum atomic E-state index is 5.41. The van der Waals surface area contributed by atoms with E-state index in [0.29, 0.717) is 13.2 Å². The minimum absolute atomic E-state index is 0. The van der Waals surface area contributed by atoms with E-state index < -0.39 is 0 Å². The van der Waals surface area contributed by atoms with Crippen LogP contribution in [0.4, 0.5) is 0 Å². The quantitative estimate of drug-likeness (QED) is 0.278. The molecule has 0 radical (unpaired) electrons. The molecule has 0 aliphatic carbocycles. The molecule has 0 aromatic heterocycles. The first-order chi connectivity index (χ1) is 10.3. The Bertz CT molecular complexity index is 428. The monoisotopic (exact) mass is 421 g/mol. The Balaban J connectivity index is 0.00000441. The second-order valence-electron chi connectivity index (χ2n) is 4.74. The highest BCUT2D eigenvalue weighted by Crippen LogP contribution is 2.05. The van der Waals surface area contributed by atoms with Crippen molar-refractivity contribution in [2.45, 2.75) is 19.9 Å². The van der Waals surface area contributed by atoms with E-state index in [1.165, 1.54) is 11.1 Å². The average Bonchev–Trinajstić information content (AvgIpc) is 2.51. The molecule has 0 heterocycles. The van der Waals surface area contributed by atoms with Gasteiger partial charge in [-0.15, -0.1) is 24.0 Å². The van der Waals surface area contributed by atoms with E-state index in [1.807, 2.05) is 0 Å². The Labute approximate surface area is 150 Å². The van der Waals surface area contributed by atoms with Gasteiger partial charge in [-0.3, -0.25) is 4.99 Å². The van der Waals surface area contributed by atoms with Gasteiger partial charge in [0.1, 0.15) is 0 Å². The van der Waals surface area contributed by atoms with Crippen LogP contribution in [0.15, 0.2) is 29.3 Å². The van der Waals surface area contributed by atoms with Crippen LogP contribution in [-0.2, 0) is 16.0 Å². The lowest BCUT2D eigenvalue weighted by molar-refractivity contribution is 0.0698. The first kappa shape index (κ1) is 21.1. The minimum atomic E-state index is 0. The van der Waals surface area contributed by atoms with E-state index in [0.717, 1.165) is 32.1 Å². The van der Waals surface area contributed by atoms with Crippen molar-refractivity contribution in [3.05, 3.63) is 35.4 Å². The number of guanidine groups is 1. The summed E-state index contributed by atoms with van der Waals surface area (Å²) in [6.07, 6.45) is 0.939. The lowest BCUT2D eigenvalue weighted by Gasteiger charge is -2.13. The predicted molar refractivity (Wildman–Crippen MR) is 102 cm³/mol. The molecule has 2 N–H and O–H groups in total. The minimum Gasteiger partial charge on any atom is -0.382 e. The molecule has 5 nitrogen and oxygen atoms in total. The van der Waals surface area contributed by atoms with Gasteiger partial charge in [-0.25, -0.2) is 0 Å². The molecule has 0 bridgehead atoms. The summed E-state index contributed by atoms with van der Waals surface area (Å²) in [4.78, 5) is 4.21. The van der Waals surface area contributed by atoms with Gasteiger partial charge >= 0.3 is 0 Å². The van der Waals surface area contributed by atoms with Crippen LogP contribution in [0.3, 0.4) is 0 Å². The smallest absolute Gasteiger partial charge is 0.191 e. The molecule has 0 atom stereocenters. The average molecular weight is 421 g/mol. The van der Waals surface area contributed by atoms with Gasteiger partial charge in [-0.1, -0.05) is 24.3 Å². The fourth-order valence-electron chi connectivity index (χ4n) is 1.83. The third-order valence-electron chi connectivity index (χ3n) is 3.12. The van der Waals surface area contributed by atoms with Crippen molar-refractivity contribution in [2.75, 3.05) is 40.5 Å². The van der Waals surface area contributed by atoms with Gasteiger partial charge in [-0.2, -0.15) is 0 Å². The molecule has 126 valence electrons. The maximum Gasteiger partial charge on any atom is 0.191 e. The summed E-state index contributed by atoms with van der Waals surface area (Å²) in [5.41, 5.74) is 2.57. The molecule has 22 heavy (non-hydrogen) atoms. The number of ether oxygens (including phenoxy) is 2. The molecule has 0 unspecified atom stereocenters. The summed E-state index contributed by atoms with van der Waals surface area (Å²) in [7, 11) is 3.46. The Kier molecular flexibility index (Phi) is 13.2. The maximum absolute atomic E-state index is 5.41. The van der Waals surface area contributed by atoms with Crippen LogP contribution in [0.5, 0.6) is 0 Å². The van der Waals surface area contributed by atoms with Crippen LogP contribution in [-0.4, -0.2) is 46.5 Å². The predicted octanol–water partition coefficient (Wildman–Crippen LogP) is 2.33. The fourth-order valence-corrected chi connectivity index (χ4v) is 1.83. The fraction of sp³-hybridized carbons (Fsp3) is 0.562. The largest absolute Gasteiger partial charge is 0.382 e. The number of benzene rings is 1. The molecule has 0 spiro atoms. The number of nitrogens with one attached hydrogen (secondary N) is 2. The first-order valence-corrected chi connectivity index (χ1v) is 7.33. The second-order valence-corrected chi connectivity index (χ2v) is 4.74. The van der Waals surface area contributed by atoms with Crippen molar-refractivity contribution < 1.29 is 9.47 Å². The topological polar surface area (TPSA) is 54.9 Å². The molecular weight excluding hydrogens is 393 g/mol. The molecule has 0 aliphatic heterocycles. The number of halogens is 1. The lowest BCUT2D eigenvalue weighted by Crippen LogP contribution is -2.37. The Morgan fingerprint density at radius 1 is 1.14 bits per heavy atom. The highest BCUT2D eigenvalue weighted by atomic mass is 127. The molecule has 0 fully saturated rings. The number of methoxy groups -OCH3 is 1. The summed E-state index contributed by atoms with van der Waals surface area (Å²) >= 11 is 0. The Morgan fingerprint density at radius 3 is 2.59 bits per heavy atom. The van der Waals surface area contributed by atoms with Gasteiger partial charge in [0, 0.05) is 33.9 Å². The third-order valence-corrected chi connectivity index (χ3v) is 3.12. The number of hydrogen-bond donors (Lipinski definition) is 2. The zero-order valence-electron chi connectivity index (χ0n) is 13.7. The Hall–Kier alpha value is -0.860. The molecule has 0 saturated heterocycles. The molecule has 0 amide bonds. The number of nitrogens with zero attached hydrogens (tertiary/aromatic N) is 1. The van der Waals surface area contributed by atoms with Crippen molar-refractivity contribution in [2.24, 2.45) is 4.99 Å². The standard InChI is InChI=1S/C16H27N3O2.HI/c1-14-7-4-5-8-15(14)13-19-16(17-2)18-9-6-10-21-12-11-20-3;/h4-5,7-8H,6,9-13H2,1-3H3,(H2,17,18,19);1H. The van der Waals surface area contributed by atoms with E-state index in [9.17, 15) is 0 Å². The molecule has 0 saturated carbocycles. The van der Waals surface area contributed by atoms with Gasteiger partial charge in [0.15, 0.2) is 5.96 Å². The van der Waals surface area contributed by atoms with Crippen LogP contribution in [0.25, 0.3) is 0 Å². The van der Waals surface area contributed by atoms with Crippen LogP contribution in [0.2, 0.25) is 0 Å². The zero-order chi connectivity index (χ0) is 15.3. The van der Waals surface area contributed by atoms with Crippen molar-refractivity contribution >= 4 is 29.9 Å². The normalized spacial score (nSPS) is 11.0. The van der Waals surface area contributed by atoms with E-state index >= 15 is 0 Å². The Morgan fingerprint density at radius 2 is 1.91 bits per heavy atom. The van der Waals surface area contributed by atoms with Gasteiger partial charge in [0.2, 0.25) is 0 Å². The molecule has 1 aromatic carbocycles. The van der Waals surface area contributed by atoms with Gasteiger partial charge in [-0.05, 0) is 24.5 Å². The summed E-state index contributed by atoms with van der Waals surface area (Å²) < 4.78 is 10.3. The van der Waals surface area contributed by atoms with E-state index in [1.54, 1.807) is 14.2 Å². The summed E-state index contributed by atoms with van der Waals surface area (Å²) in [6, 6.07) is 8.34. The molecule has 1 rings (SSSR count). The zero-order valence-corrected chi connectivity index (χ0v) is 16.1. The van der Waals surface area contributed by atoms with Gasteiger partial charge < -0.3 is 20.1 Å². The number of aryl methyl sites for hydroxylation is 1. The molecule has 0 aliphatic rings. The van der Waals surface area contributed by atoms with Crippen LogP contribution in [0, 0.1) is 6.92 Å². The molecular formula is C16H28IN3O2. The third kappa shape index (κ3) is 9.22. The van der Waals surface area contributed by atoms with Gasteiger partial charge in [0.05, 0.1) is 13.2 Å². The van der Waals surface area contributed by atoms with Crippen LogP contribution < -0.4 is 10.6 Å². The van der Waals surface area contributed by atoms with Crippen LogP contribution in [0.1, 0.15) is 17.5 Å². The van der Waals surface area contributed by atoms with Crippen molar-refractivity contribution in [3.8, 4) is 0 Å². The van der Waals surface area contributed by atoms with Crippen LogP contribution >= 0.6 is 24.0 Å². The lowest BCUT2D eigenvalue weighted by atomic mass is 10.1. The first-order valence-electron chi connectivity index (χ1n) is 7.33. The van der Waals surface area contributed by atoms with E-state index in [2.05, 4.69) is 46.8 Å². The highest BCUT2D eigenvalue weighted by Gasteiger charge is 2.00. The van der Waals surface area contributed by atoms with Gasteiger partial charge in [0.25, 0.3) is 0 Å². The van der Waals surface area contributed by atoms with Crippen molar-refractivity contribution in [1.82, 2.24) is 10.6 Å². The second kappa shape index (κ2) is 13.8. The summed E-state index contributed by atoms with van der Waals surface area (Å²) in [6.45, 7) is 5.75. The van der Waals surface area contributed by atoms with Crippen molar-refractivity contribution in [1.29, 1.82) is 0 Å². The number of aliphatic imine (C=N–C) groups is 1. The number of rotatable bonds is 9. The van der Waals surface area contributed by atoms with Crippen molar-refractivity contribution in [3.63, 3.8) is 0 Å². The van der Waals surface area contributed by atoms with E-state index in [4.69, 9.17) is 9.47 Å². The SMILES string of the molecule is CN=C(NCCCOCCOC)NCc1ccccc1C.I. The molecule has 6 heteroatoms. The molecule has 1 aromatic rings. The summed E-state index contributed by atoms with van der Waals surface area (Å²) in [5.74, 6) is 0.815. The number of hydrogen-bond acceptors (Lipinski definition) is 3. The summed E-state index contributed by atoms with van der Waals surface area (Å²) in [5, 5.41) is 6.59.